The first-order chi connectivity index (χ1) is 12.0. The highest BCUT2D eigenvalue weighted by Crippen LogP contribution is 2.27. The summed E-state index contributed by atoms with van der Waals surface area (Å²) < 4.78 is 0. The number of hydrogen-bond donors (Lipinski definition) is 2. The third kappa shape index (κ3) is 4.94. The molecule has 3 nitrogen and oxygen atoms in total. The molecule has 0 saturated carbocycles. The summed E-state index contributed by atoms with van der Waals surface area (Å²) in [7, 11) is 0. The number of nitrogens with one attached hydrogen (secondary N) is 2. The van der Waals surface area contributed by atoms with Crippen LogP contribution in [0, 0.1) is 13.8 Å². The van der Waals surface area contributed by atoms with Gasteiger partial charge >= 0.3 is 0 Å². The van der Waals surface area contributed by atoms with E-state index in [9.17, 15) is 0 Å². The fraction of sp³-hybridized carbons (Fsp3) is 0.350. The molecule has 0 unspecified atom stereocenters. The summed E-state index contributed by atoms with van der Waals surface area (Å²) in [6, 6.07) is 15.0. The van der Waals surface area contributed by atoms with Crippen molar-refractivity contribution >= 4 is 34.6 Å². The van der Waals surface area contributed by atoms with Crippen molar-refractivity contribution in [2.75, 3.05) is 18.4 Å². The van der Waals surface area contributed by atoms with E-state index in [1.54, 1.807) is 0 Å². The van der Waals surface area contributed by atoms with Gasteiger partial charge in [0.1, 0.15) is 0 Å². The van der Waals surface area contributed by atoms with E-state index in [1.165, 1.54) is 5.56 Å². The van der Waals surface area contributed by atoms with Gasteiger partial charge in [-0.15, -0.1) is 0 Å². The predicted octanol–water partition coefficient (Wildman–Crippen LogP) is 4.52. The molecule has 25 heavy (non-hydrogen) atoms. The van der Waals surface area contributed by atoms with Gasteiger partial charge in [0.15, 0.2) is 5.11 Å². The minimum Gasteiger partial charge on any atom is -0.358 e. The summed E-state index contributed by atoms with van der Waals surface area (Å²) in [5.41, 5.74) is 4.50. The number of anilines is 1. The first-order valence-electron chi connectivity index (χ1n) is 8.62. The van der Waals surface area contributed by atoms with Gasteiger partial charge in [0.25, 0.3) is 0 Å². The normalized spacial score (nSPS) is 17.5. The van der Waals surface area contributed by atoms with E-state index in [1.807, 2.05) is 19.9 Å². The molecule has 1 saturated heterocycles. The molecule has 0 aromatic heterocycles. The van der Waals surface area contributed by atoms with E-state index in [-0.39, 0.29) is 0 Å². The predicted molar refractivity (Wildman–Crippen MR) is 110 cm³/mol. The van der Waals surface area contributed by atoms with Crippen LogP contribution in [0.2, 0.25) is 5.02 Å². The number of hydrogen-bond acceptors (Lipinski definition) is 2. The van der Waals surface area contributed by atoms with Crippen molar-refractivity contribution < 1.29 is 0 Å². The van der Waals surface area contributed by atoms with E-state index in [4.69, 9.17) is 23.8 Å². The number of rotatable bonds is 4. The number of likely N-dealkylation sites (tertiary alicyclic amines) is 1. The molecular formula is C20H24ClN3S. The molecule has 0 amide bonds. The van der Waals surface area contributed by atoms with Gasteiger partial charge in [-0.1, -0.05) is 48.0 Å². The van der Waals surface area contributed by atoms with Crippen LogP contribution in [0.5, 0.6) is 0 Å². The van der Waals surface area contributed by atoms with E-state index in [0.717, 1.165) is 42.9 Å². The van der Waals surface area contributed by atoms with Crippen molar-refractivity contribution in [3.05, 3.63) is 64.2 Å². The molecule has 0 bridgehead atoms. The van der Waals surface area contributed by atoms with Crippen LogP contribution in [0.3, 0.4) is 0 Å². The molecule has 132 valence electrons. The Morgan fingerprint density at radius 1 is 1.24 bits per heavy atom. The molecule has 1 atom stereocenters. The van der Waals surface area contributed by atoms with Gasteiger partial charge in [-0.3, -0.25) is 4.90 Å². The van der Waals surface area contributed by atoms with Crippen molar-refractivity contribution in [2.24, 2.45) is 0 Å². The maximum absolute atomic E-state index is 6.35. The lowest BCUT2D eigenvalue weighted by Gasteiger charge is -2.19. The second-order valence-corrected chi connectivity index (χ2v) is 7.56. The zero-order chi connectivity index (χ0) is 17.8. The highest BCUT2D eigenvalue weighted by molar-refractivity contribution is 7.80. The molecule has 2 aromatic carbocycles. The Labute approximate surface area is 160 Å². The summed E-state index contributed by atoms with van der Waals surface area (Å²) in [4.78, 5) is 2.46. The van der Waals surface area contributed by atoms with Crippen molar-refractivity contribution in [3.8, 4) is 0 Å². The Bertz CT molecular complexity index is 725. The van der Waals surface area contributed by atoms with Gasteiger partial charge in [-0.05, 0) is 55.2 Å². The van der Waals surface area contributed by atoms with Crippen molar-refractivity contribution in [2.45, 2.75) is 32.9 Å². The van der Waals surface area contributed by atoms with Crippen LogP contribution >= 0.6 is 23.8 Å². The minimum absolute atomic E-state index is 0.369. The first kappa shape index (κ1) is 18.2. The molecular weight excluding hydrogens is 350 g/mol. The van der Waals surface area contributed by atoms with Gasteiger partial charge in [-0.25, -0.2) is 0 Å². The lowest BCUT2D eigenvalue weighted by atomic mass is 10.1. The number of aryl methyl sites for hydroxylation is 2. The van der Waals surface area contributed by atoms with Gasteiger partial charge in [0.05, 0.1) is 10.7 Å². The number of thiocarbonyl (C=S) groups is 1. The monoisotopic (exact) mass is 373 g/mol. The first-order valence-corrected chi connectivity index (χ1v) is 9.40. The molecule has 2 N–H and O–H groups in total. The molecule has 1 fully saturated rings. The number of nitrogens with zero attached hydrogens (tertiary/aromatic N) is 1. The zero-order valence-electron chi connectivity index (χ0n) is 14.7. The van der Waals surface area contributed by atoms with Crippen LogP contribution in [0.4, 0.5) is 5.69 Å². The Hall–Kier alpha value is -1.62. The molecule has 0 aliphatic carbocycles. The maximum Gasteiger partial charge on any atom is 0.171 e. The average molecular weight is 374 g/mol. The van der Waals surface area contributed by atoms with Crippen LogP contribution in [0.1, 0.15) is 23.1 Å². The SMILES string of the molecule is Cc1cc(C)c(NC(=S)N[C@H]2CCN(Cc3ccccc3)C2)c(Cl)c1. The topological polar surface area (TPSA) is 27.3 Å². The van der Waals surface area contributed by atoms with Crippen molar-refractivity contribution in [1.82, 2.24) is 10.2 Å². The van der Waals surface area contributed by atoms with Gasteiger partial charge in [0, 0.05) is 25.7 Å². The summed E-state index contributed by atoms with van der Waals surface area (Å²) >= 11 is 11.8. The van der Waals surface area contributed by atoms with Crippen LogP contribution in [0.15, 0.2) is 42.5 Å². The smallest absolute Gasteiger partial charge is 0.171 e. The Morgan fingerprint density at radius 2 is 2.00 bits per heavy atom. The summed E-state index contributed by atoms with van der Waals surface area (Å²) in [5.74, 6) is 0. The van der Waals surface area contributed by atoms with Crippen LogP contribution in [0.25, 0.3) is 0 Å². The van der Waals surface area contributed by atoms with Gasteiger partial charge in [-0.2, -0.15) is 0 Å². The Kier molecular flexibility index (Phi) is 5.94. The molecule has 0 radical (unpaired) electrons. The fourth-order valence-electron chi connectivity index (χ4n) is 3.34. The van der Waals surface area contributed by atoms with Crippen LogP contribution < -0.4 is 10.6 Å². The van der Waals surface area contributed by atoms with E-state index < -0.39 is 0 Å². The molecule has 3 rings (SSSR count). The second kappa shape index (κ2) is 8.17. The molecule has 0 spiro atoms. The Morgan fingerprint density at radius 3 is 2.72 bits per heavy atom. The third-order valence-corrected chi connectivity index (χ3v) is 5.04. The summed E-state index contributed by atoms with van der Waals surface area (Å²) in [6.07, 6.45) is 1.09. The molecule has 5 heteroatoms. The average Bonchev–Trinajstić information content (AvgIpc) is 2.98. The molecule has 2 aromatic rings. The lowest BCUT2D eigenvalue weighted by molar-refractivity contribution is 0.324. The van der Waals surface area contributed by atoms with Crippen molar-refractivity contribution in [3.63, 3.8) is 0 Å². The van der Waals surface area contributed by atoms with Gasteiger partial charge < -0.3 is 10.6 Å². The highest BCUT2D eigenvalue weighted by atomic mass is 35.5. The number of benzene rings is 2. The van der Waals surface area contributed by atoms with Crippen molar-refractivity contribution in [1.29, 1.82) is 0 Å². The standard InChI is InChI=1S/C20H24ClN3S/c1-14-10-15(2)19(18(21)11-14)23-20(25)22-17-8-9-24(13-17)12-16-6-4-3-5-7-16/h3-7,10-11,17H,8-9,12-13H2,1-2H3,(H2,22,23,25)/t17-/m0/s1. The van der Waals surface area contributed by atoms with E-state index >= 15 is 0 Å². The summed E-state index contributed by atoms with van der Waals surface area (Å²) in [5, 5.41) is 8.05. The highest BCUT2D eigenvalue weighted by Gasteiger charge is 2.23. The summed E-state index contributed by atoms with van der Waals surface area (Å²) in [6.45, 7) is 7.15. The number of halogens is 1. The largest absolute Gasteiger partial charge is 0.358 e. The molecule has 1 aliphatic rings. The van der Waals surface area contributed by atoms with E-state index in [0.29, 0.717) is 16.2 Å². The van der Waals surface area contributed by atoms with Gasteiger partial charge in [0.2, 0.25) is 0 Å². The van der Waals surface area contributed by atoms with Crippen LogP contribution in [-0.4, -0.2) is 29.1 Å². The molecule has 1 aliphatic heterocycles. The van der Waals surface area contributed by atoms with Crippen LogP contribution in [-0.2, 0) is 6.54 Å². The second-order valence-electron chi connectivity index (χ2n) is 6.74. The molecule has 1 heterocycles. The lowest BCUT2D eigenvalue weighted by Crippen LogP contribution is -2.39. The third-order valence-electron chi connectivity index (χ3n) is 4.53. The zero-order valence-corrected chi connectivity index (χ0v) is 16.3. The fourth-order valence-corrected chi connectivity index (χ4v) is 3.98. The van der Waals surface area contributed by atoms with E-state index in [2.05, 4.69) is 51.9 Å². The minimum atomic E-state index is 0.369. The Balaban J connectivity index is 1.52. The quantitative estimate of drug-likeness (QED) is 0.770. The maximum atomic E-state index is 6.35.